The van der Waals surface area contributed by atoms with Gasteiger partial charge in [-0.3, -0.25) is 9.69 Å². The van der Waals surface area contributed by atoms with Crippen LogP contribution in [0.4, 0.5) is 0 Å². The summed E-state index contributed by atoms with van der Waals surface area (Å²) in [6.07, 6.45) is 3.66. The Kier molecular flexibility index (Phi) is 5.55. The first-order chi connectivity index (χ1) is 10.0. The molecule has 1 aliphatic heterocycles. The molecule has 1 aromatic rings. The predicted molar refractivity (Wildman–Crippen MR) is 87.7 cm³/mol. The summed E-state index contributed by atoms with van der Waals surface area (Å²) in [6, 6.07) is 2.80. The van der Waals surface area contributed by atoms with E-state index in [0.29, 0.717) is 17.7 Å². The van der Waals surface area contributed by atoms with Crippen molar-refractivity contribution in [1.29, 1.82) is 0 Å². The monoisotopic (exact) mass is 340 g/mol. The van der Waals surface area contributed by atoms with Crippen molar-refractivity contribution in [3.05, 3.63) is 27.3 Å². The Hall–Kier alpha value is -1.18. The zero-order valence-electron chi connectivity index (χ0n) is 11.4. The molecular weight excluding hydrogens is 326 g/mol. The molecule has 4 nitrogen and oxygen atoms in total. The second-order valence-corrected chi connectivity index (χ2v) is 7.20. The van der Waals surface area contributed by atoms with E-state index in [0.717, 1.165) is 23.1 Å². The van der Waals surface area contributed by atoms with Gasteiger partial charge in [0.2, 0.25) is 0 Å². The van der Waals surface area contributed by atoms with Crippen LogP contribution in [0.15, 0.2) is 22.4 Å². The Morgan fingerprint density at radius 1 is 1.57 bits per heavy atom. The highest BCUT2D eigenvalue weighted by Crippen LogP contribution is 2.35. The van der Waals surface area contributed by atoms with Crippen LogP contribution in [0.1, 0.15) is 31.1 Å². The zero-order valence-corrected chi connectivity index (χ0v) is 13.9. The fourth-order valence-corrected chi connectivity index (χ4v) is 4.08. The van der Waals surface area contributed by atoms with Gasteiger partial charge in [-0.15, -0.1) is 11.3 Å². The fourth-order valence-electron chi connectivity index (χ4n) is 2.00. The topological polar surface area (TPSA) is 60.4 Å². The molecule has 1 amide bonds. The van der Waals surface area contributed by atoms with Crippen LogP contribution in [0.3, 0.4) is 0 Å². The Morgan fingerprint density at radius 3 is 2.90 bits per heavy atom. The van der Waals surface area contributed by atoms with E-state index in [1.54, 1.807) is 6.08 Å². The van der Waals surface area contributed by atoms with Crippen LogP contribution in [-0.4, -0.2) is 27.1 Å². The summed E-state index contributed by atoms with van der Waals surface area (Å²) in [6.45, 7) is 1.97. The van der Waals surface area contributed by atoms with E-state index in [1.165, 1.54) is 16.2 Å². The van der Waals surface area contributed by atoms with Gasteiger partial charge in [0.15, 0.2) is 0 Å². The molecule has 21 heavy (non-hydrogen) atoms. The number of thiocarbonyl (C=S) groups is 1. The van der Waals surface area contributed by atoms with E-state index >= 15 is 0 Å². The molecule has 1 atom stereocenters. The van der Waals surface area contributed by atoms with Crippen LogP contribution in [0.25, 0.3) is 6.08 Å². The number of thioether (sulfide) groups is 1. The summed E-state index contributed by atoms with van der Waals surface area (Å²) in [5.74, 6) is -1.60. The first kappa shape index (κ1) is 16.2. The van der Waals surface area contributed by atoms with E-state index in [2.05, 4.69) is 0 Å². The molecule has 0 spiro atoms. The van der Waals surface area contributed by atoms with Gasteiger partial charge >= 0.3 is 0 Å². The van der Waals surface area contributed by atoms with Gasteiger partial charge in [0.1, 0.15) is 4.32 Å². The molecule has 2 heterocycles. The maximum Gasteiger partial charge on any atom is 0.266 e. The molecule has 2 rings (SSSR count). The molecule has 0 aromatic carbocycles. The summed E-state index contributed by atoms with van der Waals surface area (Å²) < 4.78 is 0.285. The molecule has 1 saturated heterocycles. The first-order valence-electron chi connectivity index (χ1n) is 6.56. The van der Waals surface area contributed by atoms with Crippen LogP contribution in [-0.2, 0) is 9.59 Å². The van der Waals surface area contributed by atoms with Gasteiger partial charge in [-0.05, 0) is 23.9 Å². The molecule has 112 valence electrons. The number of rotatable bonds is 6. The third-order valence-electron chi connectivity index (χ3n) is 3.05. The number of aliphatic carboxylic acids is 1. The van der Waals surface area contributed by atoms with E-state index in [1.807, 2.05) is 24.4 Å². The Balaban J connectivity index is 2.22. The number of carboxylic acid groups (broad SMARTS) is 1. The van der Waals surface area contributed by atoms with Gasteiger partial charge < -0.3 is 9.90 Å². The number of carbonyl (C=O) groups is 2. The van der Waals surface area contributed by atoms with Crippen molar-refractivity contribution in [2.45, 2.75) is 32.2 Å². The maximum absolute atomic E-state index is 12.4. The second-order valence-electron chi connectivity index (χ2n) is 4.54. The number of carbonyl (C=O) groups excluding carboxylic acids is 2. The number of thiophene rings is 1. The summed E-state index contributed by atoms with van der Waals surface area (Å²) in [4.78, 5) is 26.3. The highest BCUT2D eigenvalue weighted by Gasteiger charge is 2.37. The highest BCUT2D eigenvalue weighted by atomic mass is 32.2. The summed E-state index contributed by atoms with van der Waals surface area (Å²) in [7, 11) is 0. The number of amides is 1. The normalized spacial score (nSPS) is 18.5. The molecule has 0 aliphatic carbocycles. The molecule has 1 aromatic heterocycles. The second kappa shape index (κ2) is 7.20. The molecule has 1 fully saturated rings. The lowest BCUT2D eigenvalue weighted by Gasteiger charge is -2.27. The van der Waals surface area contributed by atoms with Crippen LogP contribution in [0.5, 0.6) is 0 Å². The van der Waals surface area contributed by atoms with Crippen molar-refractivity contribution in [1.82, 2.24) is 4.90 Å². The molecule has 1 aliphatic rings. The third-order valence-corrected chi connectivity index (χ3v) is 5.20. The van der Waals surface area contributed by atoms with Crippen LogP contribution in [0.2, 0.25) is 0 Å². The van der Waals surface area contributed by atoms with E-state index in [4.69, 9.17) is 12.2 Å². The standard InChI is InChI=1S/C14H15NO3S3/c1-2-3-6-10(13(17)18)15-12(16)11(21-14(15)19)8-9-5-4-7-20-9/h4-5,7-8,10H,2-3,6H2,1H3,(H,17,18)/p-1/b11-8+/t10-/m1/s1. The van der Waals surface area contributed by atoms with Crippen molar-refractivity contribution in [3.63, 3.8) is 0 Å². The average Bonchev–Trinajstić information content (AvgIpc) is 3.02. The van der Waals surface area contributed by atoms with Gasteiger partial charge in [0.05, 0.1) is 16.9 Å². The Morgan fingerprint density at radius 2 is 2.33 bits per heavy atom. The zero-order chi connectivity index (χ0) is 15.4. The van der Waals surface area contributed by atoms with E-state index < -0.39 is 12.0 Å². The van der Waals surface area contributed by atoms with Crippen LogP contribution in [0, 0.1) is 0 Å². The van der Waals surface area contributed by atoms with Crippen molar-refractivity contribution in [3.8, 4) is 0 Å². The van der Waals surface area contributed by atoms with Gasteiger partial charge in [0, 0.05) is 4.88 Å². The van der Waals surface area contributed by atoms with Crippen molar-refractivity contribution >= 4 is 57.6 Å². The molecule has 0 N–H and O–H groups in total. The lowest BCUT2D eigenvalue weighted by atomic mass is 10.1. The van der Waals surface area contributed by atoms with Crippen LogP contribution >= 0.6 is 35.3 Å². The van der Waals surface area contributed by atoms with Crippen LogP contribution < -0.4 is 5.11 Å². The number of carboxylic acids is 1. The minimum atomic E-state index is -1.25. The van der Waals surface area contributed by atoms with Gasteiger partial charge in [-0.25, -0.2) is 0 Å². The quantitative estimate of drug-likeness (QED) is 0.587. The highest BCUT2D eigenvalue weighted by molar-refractivity contribution is 8.26. The first-order valence-corrected chi connectivity index (χ1v) is 8.66. The lowest BCUT2D eigenvalue weighted by molar-refractivity contribution is -0.310. The lowest BCUT2D eigenvalue weighted by Crippen LogP contribution is -2.49. The minimum absolute atomic E-state index is 0.285. The Bertz CT molecular complexity index is 580. The molecule has 0 unspecified atom stereocenters. The smallest absolute Gasteiger partial charge is 0.266 e. The Labute approximate surface area is 136 Å². The van der Waals surface area contributed by atoms with E-state index in [-0.39, 0.29) is 10.2 Å². The summed E-state index contributed by atoms with van der Waals surface area (Å²) >= 11 is 7.83. The minimum Gasteiger partial charge on any atom is -0.548 e. The summed E-state index contributed by atoms with van der Waals surface area (Å²) in [5, 5.41) is 13.2. The summed E-state index contributed by atoms with van der Waals surface area (Å²) in [5.41, 5.74) is 0. The fraction of sp³-hybridized carbons (Fsp3) is 0.357. The predicted octanol–water partition coefficient (Wildman–Crippen LogP) is 2.26. The van der Waals surface area contributed by atoms with Gasteiger partial charge in [-0.2, -0.15) is 0 Å². The van der Waals surface area contributed by atoms with Gasteiger partial charge in [0.25, 0.3) is 5.91 Å². The molecule has 7 heteroatoms. The molecule has 0 bridgehead atoms. The number of unbranched alkanes of at least 4 members (excludes halogenated alkanes) is 1. The average molecular weight is 340 g/mol. The third kappa shape index (κ3) is 3.72. The SMILES string of the molecule is CCCC[C@H](C(=O)[O-])N1C(=O)/C(=C\c2cccs2)SC1=S. The van der Waals surface area contributed by atoms with Crippen molar-refractivity contribution in [2.24, 2.45) is 0 Å². The number of nitrogens with zero attached hydrogens (tertiary/aromatic N) is 1. The van der Waals surface area contributed by atoms with Crippen molar-refractivity contribution in [2.75, 3.05) is 0 Å². The molecular formula is C14H14NO3S3-. The number of hydrogen-bond donors (Lipinski definition) is 0. The molecule has 0 saturated carbocycles. The largest absolute Gasteiger partial charge is 0.548 e. The maximum atomic E-state index is 12.4. The van der Waals surface area contributed by atoms with Crippen molar-refractivity contribution < 1.29 is 14.7 Å². The van der Waals surface area contributed by atoms with Gasteiger partial charge in [-0.1, -0.05) is 49.8 Å². The molecule has 0 radical (unpaired) electrons. The number of hydrogen-bond acceptors (Lipinski definition) is 6. The van der Waals surface area contributed by atoms with E-state index in [9.17, 15) is 14.7 Å².